The number of carbonyl (C=O) groups excluding carboxylic acids is 3. The molecule has 0 aliphatic heterocycles. The first-order chi connectivity index (χ1) is 26.2. The van der Waals surface area contributed by atoms with Crippen molar-refractivity contribution in [3.05, 3.63) is 12.2 Å². The number of rotatable bonds is 35. The van der Waals surface area contributed by atoms with E-state index in [4.69, 9.17) is 19.3 Å². The van der Waals surface area contributed by atoms with Crippen LogP contribution in [0.2, 0.25) is 0 Å². The molecule has 1 rings (SSSR count). The molecule has 0 saturated heterocycles. The van der Waals surface area contributed by atoms with Gasteiger partial charge in [0.15, 0.2) is 6.10 Å². The lowest BCUT2D eigenvalue weighted by Gasteiger charge is -2.20. The lowest BCUT2D eigenvalue weighted by atomic mass is 9.87. The Morgan fingerprint density at radius 2 is 1.24 bits per heavy atom. The van der Waals surface area contributed by atoms with Crippen LogP contribution in [-0.2, 0) is 32.9 Å². The summed E-state index contributed by atoms with van der Waals surface area (Å²) < 4.78 is 26.3. The summed E-state index contributed by atoms with van der Waals surface area (Å²) in [4.78, 5) is 55.8. The molecule has 0 amide bonds. The second-order valence-corrected chi connectivity index (χ2v) is 17.4. The van der Waals surface area contributed by atoms with Gasteiger partial charge >= 0.3 is 19.8 Å². The molecule has 55 heavy (non-hydrogen) atoms. The van der Waals surface area contributed by atoms with Crippen LogP contribution >= 0.6 is 7.82 Å². The number of aliphatic hydroxyl groups excluding tert-OH is 3. The van der Waals surface area contributed by atoms with Crippen molar-refractivity contribution in [1.82, 2.24) is 0 Å². The van der Waals surface area contributed by atoms with Crippen molar-refractivity contribution in [3.63, 3.8) is 0 Å². The SMILES string of the molecule is CCCCC[C@H](O)/C=C/[C@@H]1[C@@H](CC(=O)CCCCC(=O)OC[C@H](COP(=O)(O)O)OC(=O)CCCCCCCCCCCCCCCC(C)C)[C@@H](O)C[C@H]1O. The van der Waals surface area contributed by atoms with E-state index in [1.807, 2.05) is 0 Å². The third-order valence-electron chi connectivity index (χ3n) is 10.4. The maximum atomic E-state index is 12.7. The second-order valence-electron chi connectivity index (χ2n) is 16.1. The summed E-state index contributed by atoms with van der Waals surface area (Å²) in [6, 6.07) is 0. The highest BCUT2D eigenvalue weighted by molar-refractivity contribution is 7.46. The van der Waals surface area contributed by atoms with Gasteiger partial charge in [0.05, 0.1) is 24.9 Å². The predicted octanol–water partition coefficient (Wildman–Crippen LogP) is 8.43. The first kappa shape index (κ1) is 51.4. The van der Waals surface area contributed by atoms with Crippen molar-refractivity contribution in [2.45, 2.75) is 206 Å². The van der Waals surface area contributed by atoms with Crippen LogP contribution in [-0.4, -0.2) is 80.5 Å². The van der Waals surface area contributed by atoms with Crippen LogP contribution in [0.4, 0.5) is 0 Å². The van der Waals surface area contributed by atoms with Crippen LogP contribution in [0.5, 0.6) is 0 Å². The summed E-state index contributed by atoms with van der Waals surface area (Å²) in [5, 5.41) is 31.2. The Labute approximate surface area is 331 Å². The Bertz CT molecular complexity index is 1090. The van der Waals surface area contributed by atoms with Gasteiger partial charge in [0.25, 0.3) is 0 Å². The van der Waals surface area contributed by atoms with Crippen molar-refractivity contribution in [2.75, 3.05) is 13.2 Å². The summed E-state index contributed by atoms with van der Waals surface area (Å²) in [6.45, 7) is 5.59. The number of aliphatic hydroxyl groups is 3. The molecule has 0 heterocycles. The van der Waals surface area contributed by atoms with Crippen LogP contribution in [0.1, 0.15) is 181 Å². The van der Waals surface area contributed by atoms with E-state index >= 15 is 0 Å². The fourth-order valence-electron chi connectivity index (χ4n) is 7.14. The Morgan fingerprint density at radius 3 is 1.82 bits per heavy atom. The molecule has 0 aromatic rings. The molecular formula is C42H77O12P. The summed E-state index contributed by atoms with van der Waals surface area (Å²) in [5.41, 5.74) is 0. The molecule has 322 valence electrons. The van der Waals surface area contributed by atoms with Gasteiger partial charge in [-0.3, -0.25) is 18.9 Å². The highest BCUT2D eigenvalue weighted by atomic mass is 31.2. The van der Waals surface area contributed by atoms with Crippen LogP contribution in [0, 0.1) is 17.8 Å². The van der Waals surface area contributed by atoms with Crippen molar-refractivity contribution in [3.8, 4) is 0 Å². The molecule has 1 aliphatic rings. The maximum absolute atomic E-state index is 12.7. The quantitative estimate of drug-likeness (QED) is 0.0178. The summed E-state index contributed by atoms with van der Waals surface area (Å²) in [7, 11) is -4.84. The monoisotopic (exact) mass is 805 g/mol. The van der Waals surface area contributed by atoms with Gasteiger partial charge in [0.2, 0.25) is 0 Å². The van der Waals surface area contributed by atoms with Crippen LogP contribution < -0.4 is 0 Å². The fraction of sp³-hybridized carbons (Fsp3) is 0.881. The van der Waals surface area contributed by atoms with E-state index in [-0.39, 0.29) is 37.9 Å². The second kappa shape index (κ2) is 31.3. The number of phosphoric acid groups is 1. The Morgan fingerprint density at radius 1 is 0.709 bits per heavy atom. The topological polar surface area (TPSA) is 197 Å². The first-order valence-electron chi connectivity index (χ1n) is 21.5. The third kappa shape index (κ3) is 28.4. The first-order valence-corrected chi connectivity index (χ1v) is 23.0. The average Bonchev–Trinajstić information content (AvgIpc) is 3.38. The molecule has 12 nitrogen and oxygen atoms in total. The minimum Gasteiger partial charge on any atom is -0.462 e. The molecule has 0 unspecified atom stereocenters. The Balaban J connectivity index is 2.29. The molecule has 0 aromatic carbocycles. The van der Waals surface area contributed by atoms with Crippen molar-refractivity contribution < 1.29 is 58.1 Å². The maximum Gasteiger partial charge on any atom is 0.469 e. The fourth-order valence-corrected chi connectivity index (χ4v) is 7.50. The molecule has 0 aromatic heterocycles. The van der Waals surface area contributed by atoms with Gasteiger partial charge in [-0.15, -0.1) is 0 Å². The summed E-state index contributed by atoms with van der Waals surface area (Å²) in [5.74, 6) is -1.35. The van der Waals surface area contributed by atoms with Crippen LogP contribution in [0.3, 0.4) is 0 Å². The average molecular weight is 805 g/mol. The van der Waals surface area contributed by atoms with E-state index in [0.29, 0.717) is 25.7 Å². The van der Waals surface area contributed by atoms with Gasteiger partial charge in [-0.1, -0.05) is 136 Å². The van der Waals surface area contributed by atoms with E-state index < -0.39 is 69.2 Å². The largest absolute Gasteiger partial charge is 0.469 e. The normalized spacial score (nSPS) is 19.9. The van der Waals surface area contributed by atoms with Gasteiger partial charge in [-0.25, -0.2) is 4.57 Å². The molecule has 1 aliphatic carbocycles. The van der Waals surface area contributed by atoms with E-state index in [9.17, 15) is 34.3 Å². The Hall–Kier alpha value is -1.66. The van der Waals surface area contributed by atoms with E-state index in [1.54, 1.807) is 12.2 Å². The molecule has 6 atom stereocenters. The molecule has 0 bridgehead atoms. The zero-order chi connectivity index (χ0) is 40.9. The van der Waals surface area contributed by atoms with Crippen molar-refractivity contribution in [2.24, 2.45) is 17.8 Å². The molecule has 13 heteroatoms. The zero-order valence-electron chi connectivity index (χ0n) is 34.3. The van der Waals surface area contributed by atoms with Gasteiger partial charge in [-0.2, -0.15) is 0 Å². The highest BCUT2D eigenvalue weighted by Gasteiger charge is 2.41. The highest BCUT2D eigenvalue weighted by Crippen LogP contribution is 2.37. The Kier molecular flexibility index (Phi) is 29.3. The number of carbonyl (C=O) groups is 3. The molecular weight excluding hydrogens is 727 g/mol. The van der Waals surface area contributed by atoms with E-state index in [1.165, 1.54) is 64.2 Å². The minimum absolute atomic E-state index is 0.0160. The number of hydrogen-bond donors (Lipinski definition) is 5. The van der Waals surface area contributed by atoms with Gasteiger partial charge in [-0.05, 0) is 31.6 Å². The number of ether oxygens (including phenoxy) is 2. The summed E-state index contributed by atoms with van der Waals surface area (Å²) in [6.07, 6.45) is 21.4. The number of unbranched alkanes of at least 4 members (excludes halogenated alkanes) is 15. The molecule has 1 fully saturated rings. The molecule has 0 spiro atoms. The standard InChI is InChI=1S/C42H77O12P/c1-4-5-17-23-34(43)27-28-37-38(40(46)30-39(37)45)29-35(44)24-20-21-25-41(47)52-31-36(32-53-55(49,50)51)54-42(48)26-19-16-14-12-10-8-6-7-9-11-13-15-18-22-33(2)3/h27-28,33-34,36-40,43,45-46H,4-26,29-32H2,1-3H3,(H2,49,50,51)/b28-27+/t34-,36+,37+,38+,39+,40-/m0/s1. The van der Waals surface area contributed by atoms with Crippen LogP contribution in [0.25, 0.3) is 0 Å². The number of Topliss-reactive ketones (excluding diaryl/α,β-unsaturated/α-hetero) is 1. The van der Waals surface area contributed by atoms with Crippen molar-refractivity contribution in [1.29, 1.82) is 0 Å². The van der Waals surface area contributed by atoms with Gasteiger partial charge in [0.1, 0.15) is 12.4 Å². The van der Waals surface area contributed by atoms with Gasteiger partial charge < -0.3 is 34.6 Å². The molecule has 1 saturated carbocycles. The minimum atomic E-state index is -4.84. The number of phosphoric ester groups is 1. The molecule has 5 N–H and O–H groups in total. The number of esters is 2. The summed E-state index contributed by atoms with van der Waals surface area (Å²) >= 11 is 0. The number of ketones is 1. The number of hydrogen-bond acceptors (Lipinski definition) is 10. The third-order valence-corrected chi connectivity index (χ3v) is 10.9. The predicted molar refractivity (Wildman–Crippen MR) is 214 cm³/mol. The van der Waals surface area contributed by atoms with Crippen molar-refractivity contribution >= 4 is 25.5 Å². The van der Waals surface area contributed by atoms with Crippen LogP contribution in [0.15, 0.2) is 12.2 Å². The van der Waals surface area contributed by atoms with E-state index in [2.05, 4.69) is 25.3 Å². The van der Waals surface area contributed by atoms with Gasteiger partial charge in [0, 0.05) is 43.9 Å². The molecule has 0 radical (unpaired) electrons. The van der Waals surface area contributed by atoms with E-state index in [0.717, 1.165) is 44.4 Å². The lowest BCUT2D eigenvalue weighted by molar-refractivity contribution is -0.161. The lowest BCUT2D eigenvalue weighted by Crippen LogP contribution is -2.29. The zero-order valence-corrected chi connectivity index (χ0v) is 35.2. The smallest absolute Gasteiger partial charge is 0.462 e.